The van der Waals surface area contributed by atoms with Gasteiger partial charge in [-0.15, -0.1) is 5.10 Å². The Morgan fingerprint density at radius 1 is 0.969 bits per heavy atom. The van der Waals surface area contributed by atoms with Crippen molar-refractivity contribution >= 4 is 17.5 Å². The molecule has 1 N–H and O–H groups in total. The number of hydrogen-bond donors (Lipinski definition) is 1. The van der Waals surface area contributed by atoms with Crippen LogP contribution in [0.3, 0.4) is 0 Å². The second-order valence-electron chi connectivity index (χ2n) is 8.50. The number of aryl methyl sites for hydroxylation is 4. The molecule has 0 fully saturated rings. The van der Waals surface area contributed by atoms with E-state index in [2.05, 4.69) is 16.5 Å². The number of amides is 2. The molecule has 1 aliphatic rings. The van der Waals surface area contributed by atoms with E-state index in [-0.39, 0.29) is 24.2 Å². The maximum atomic E-state index is 13.0. The third kappa shape index (κ3) is 4.34. The number of rotatable bonds is 5. The molecule has 0 aliphatic carbocycles. The molecule has 166 valence electrons. The summed E-state index contributed by atoms with van der Waals surface area (Å²) < 4.78 is 2.42. The summed E-state index contributed by atoms with van der Waals surface area (Å²) in [5, 5.41) is 7.00. The van der Waals surface area contributed by atoms with Crippen LogP contribution in [-0.2, 0) is 24.4 Å². The first-order valence-electron chi connectivity index (χ1n) is 10.6. The van der Waals surface area contributed by atoms with Crippen molar-refractivity contribution in [2.24, 2.45) is 0 Å². The van der Waals surface area contributed by atoms with Gasteiger partial charge >= 0.3 is 5.69 Å². The summed E-state index contributed by atoms with van der Waals surface area (Å²) in [5.41, 5.74) is 5.59. The lowest BCUT2D eigenvalue weighted by Crippen LogP contribution is -2.42. The van der Waals surface area contributed by atoms with Crippen LogP contribution in [0.4, 0.5) is 5.69 Å². The molecule has 3 aromatic rings. The van der Waals surface area contributed by atoms with E-state index in [0.29, 0.717) is 25.3 Å². The summed E-state index contributed by atoms with van der Waals surface area (Å²) in [6.07, 6.45) is 0. The molecule has 0 radical (unpaired) electrons. The molecule has 0 unspecified atom stereocenters. The maximum Gasteiger partial charge on any atom is 0.346 e. The molecule has 2 amide bonds. The van der Waals surface area contributed by atoms with Crippen molar-refractivity contribution in [3.8, 4) is 0 Å². The van der Waals surface area contributed by atoms with E-state index < -0.39 is 5.69 Å². The van der Waals surface area contributed by atoms with Gasteiger partial charge < -0.3 is 10.2 Å². The van der Waals surface area contributed by atoms with Gasteiger partial charge in [0.05, 0.1) is 0 Å². The summed E-state index contributed by atoms with van der Waals surface area (Å²) >= 11 is 0. The van der Waals surface area contributed by atoms with Crippen LogP contribution in [0.1, 0.15) is 38.4 Å². The predicted molar refractivity (Wildman–Crippen MR) is 122 cm³/mol. The lowest BCUT2D eigenvalue weighted by Gasteiger charge is -2.27. The molecular formula is C24H27N5O3. The van der Waals surface area contributed by atoms with Gasteiger partial charge in [0.15, 0.2) is 0 Å². The average molecular weight is 434 g/mol. The van der Waals surface area contributed by atoms with E-state index in [1.807, 2.05) is 58.0 Å². The van der Waals surface area contributed by atoms with Crippen molar-refractivity contribution in [3.63, 3.8) is 0 Å². The Morgan fingerprint density at radius 2 is 1.69 bits per heavy atom. The number of nitrogens with one attached hydrogen (secondary N) is 1. The van der Waals surface area contributed by atoms with E-state index >= 15 is 0 Å². The quantitative estimate of drug-likeness (QED) is 0.670. The van der Waals surface area contributed by atoms with Gasteiger partial charge in [-0.2, -0.15) is 0 Å². The van der Waals surface area contributed by atoms with Gasteiger partial charge in [-0.3, -0.25) is 14.2 Å². The normalized spacial score (nSPS) is 13.2. The van der Waals surface area contributed by atoms with E-state index in [0.717, 1.165) is 32.5 Å². The first kappa shape index (κ1) is 21.5. The van der Waals surface area contributed by atoms with E-state index in [1.54, 1.807) is 4.90 Å². The number of hydrogen-bond acceptors (Lipinski definition) is 4. The molecule has 1 aliphatic heterocycles. The summed E-state index contributed by atoms with van der Waals surface area (Å²) in [6, 6.07) is 11.9. The summed E-state index contributed by atoms with van der Waals surface area (Å²) in [7, 11) is 0. The highest BCUT2D eigenvalue weighted by Gasteiger charge is 2.30. The Bertz CT molecular complexity index is 1250. The van der Waals surface area contributed by atoms with Gasteiger partial charge in [0.2, 0.25) is 11.7 Å². The number of carbonyl (C=O) groups is 2. The average Bonchev–Trinajstić information content (AvgIpc) is 3.02. The first-order chi connectivity index (χ1) is 15.2. The first-order valence-corrected chi connectivity index (χ1v) is 10.6. The highest BCUT2D eigenvalue weighted by molar-refractivity contribution is 5.92. The molecule has 8 nitrogen and oxygen atoms in total. The van der Waals surface area contributed by atoms with Crippen molar-refractivity contribution in [1.82, 2.24) is 19.2 Å². The molecule has 32 heavy (non-hydrogen) atoms. The van der Waals surface area contributed by atoms with Crippen molar-refractivity contribution in [2.75, 3.05) is 11.9 Å². The molecule has 8 heteroatoms. The Balaban J connectivity index is 1.51. The number of carbonyl (C=O) groups excluding carboxylic acids is 2. The topological polar surface area (TPSA) is 89.2 Å². The van der Waals surface area contributed by atoms with Crippen molar-refractivity contribution in [1.29, 1.82) is 0 Å². The molecule has 1 aromatic heterocycles. The van der Waals surface area contributed by atoms with Crippen LogP contribution >= 0.6 is 0 Å². The zero-order valence-corrected chi connectivity index (χ0v) is 18.8. The predicted octanol–water partition coefficient (Wildman–Crippen LogP) is 2.57. The molecule has 0 atom stereocenters. The number of benzene rings is 2. The molecule has 4 rings (SSSR count). The fourth-order valence-corrected chi connectivity index (χ4v) is 4.08. The Labute approximate surface area is 186 Å². The molecule has 0 spiro atoms. The smallest absolute Gasteiger partial charge is 0.330 e. The van der Waals surface area contributed by atoms with Gasteiger partial charge in [-0.05, 0) is 62.1 Å². The van der Waals surface area contributed by atoms with Crippen LogP contribution in [0.15, 0.2) is 41.2 Å². The molecule has 2 heterocycles. The lowest BCUT2D eigenvalue weighted by molar-refractivity contribution is -0.117. The van der Waals surface area contributed by atoms with Crippen LogP contribution < -0.4 is 11.0 Å². The highest BCUT2D eigenvalue weighted by atomic mass is 16.2. The fraction of sp³-hybridized carbons (Fsp3) is 0.333. The van der Waals surface area contributed by atoms with Gasteiger partial charge in [0.25, 0.3) is 5.91 Å². The van der Waals surface area contributed by atoms with Crippen molar-refractivity contribution < 1.29 is 9.59 Å². The summed E-state index contributed by atoms with van der Waals surface area (Å²) in [6.45, 7) is 8.91. The van der Waals surface area contributed by atoms with Crippen molar-refractivity contribution in [2.45, 2.75) is 47.3 Å². The van der Waals surface area contributed by atoms with E-state index in [1.165, 1.54) is 4.57 Å². The second-order valence-corrected chi connectivity index (χ2v) is 8.50. The lowest BCUT2D eigenvalue weighted by atomic mass is 10.0. The third-order valence-electron chi connectivity index (χ3n) is 5.66. The Morgan fingerprint density at radius 3 is 2.41 bits per heavy atom. The van der Waals surface area contributed by atoms with Gasteiger partial charge in [-0.1, -0.05) is 29.8 Å². The summed E-state index contributed by atoms with van der Waals surface area (Å²) in [4.78, 5) is 40.0. The van der Waals surface area contributed by atoms with E-state index in [9.17, 15) is 14.4 Å². The van der Waals surface area contributed by atoms with Crippen LogP contribution in [0, 0.1) is 27.7 Å². The third-order valence-corrected chi connectivity index (χ3v) is 5.66. The van der Waals surface area contributed by atoms with Gasteiger partial charge in [-0.25, -0.2) is 9.48 Å². The number of anilines is 1. The minimum Gasteiger partial charge on any atom is -0.330 e. The standard InChI is InChI=1S/C24H27N5O3/c1-15-5-6-18(4)19(10-15)13-27-7-8-28-22(23(27)31)26-29(24(28)32)14-21(30)25-20-11-16(2)9-17(3)12-20/h5-6,9-12H,7-8,13-14H2,1-4H3,(H,25,30). The zero-order chi connectivity index (χ0) is 23.0. The number of fused-ring (bicyclic) bond motifs is 1. The summed E-state index contributed by atoms with van der Waals surface area (Å²) in [5.74, 6) is -0.597. The SMILES string of the molecule is Cc1cc(C)cc(NC(=O)Cn2nc3n(c2=O)CCN(Cc2cc(C)ccc2C)C3=O)c1. The Kier molecular flexibility index (Phi) is 5.69. The monoisotopic (exact) mass is 433 g/mol. The van der Waals surface area contributed by atoms with Crippen LogP contribution in [0.2, 0.25) is 0 Å². The number of aromatic nitrogens is 3. The largest absolute Gasteiger partial charge is 0.346 e. The number of nitrogens with zero attached hydrogens (tertiary/aromatic N) is 4. The fourth-order valence-electron chi connectivity index (χ4n) is 4.08. The molecule has 0 saturated carbocycles. The van der Waals surface area contributed by atoms with Crippen molar-refractivity contribution in [3.05, 3.63) is 80.5 Å². The highest BCUT2D eigenvalue weighted by Crippen LogP contribution is 2.17. The molecule has 0 bridgehead atoms. The second kappa shape index (κ2) is 8.45. The van der Waals surface area contributed by atoms with Gasteiger partial charge in [0.1, 0.15) is 6.54 Å². The zero-order valence-electron chi connectivity index (χ0n) is 18.8. The Hall–Kier alpha value is -3.68. The van der Waals surface area contributed by atoms with E-state index in [4.69, 9.17) is 0 Å². The van der Waals surface area contributed by atoms with Crippen LogP contribution in [0.5, 0.6) is 0 Å². The minimum atomic E-state index is -0.449. The molecule has 2 aromatic carbocycles. The van der Waals surface area contributed by atoms with Crippen LogP contribution in [-0.4, -0.2) is 37.6 Å². The van der Waals surface area contributed by atoms with Crippen LogP contribution in [0.25, 0.3) is 0 Å². The minimum absolute atomic E-state index is 0.0748. The maximum absolute atomic E-state index is 13.0. The van der Waals surface area contributed by atoms with Gasteiger partial charge in [0, 0.05) is 25.3 Å². The molecule has 0 saturated heterocycles. The molecular weight excluding hydrogens is 406 g/mol.